The summed E-state index contributed by atoms with van der Waals surface area (Å²) >= 11 is 0. The standard InChI is InChI=1S/C9H12N6O/c1-15-5-7(10)8(14-15)9(16)11-2-6-3-12-13-4-6/h3-5H,2,10H2,1H3,(H,11,16)(H,12,13). The van der Waals surface area contributed by atoms with Gasteiger partial charge in [-0.1, -0.05) is 0 Å². The van der Waals surface area contributed by atoms with Crippen LogP contribution in [0.2, 0.25) is 0 Å². The first-order chi connectivity index (χ1) is 7.66. The Balaban J connectivity index is 2.01. The molecule has 0 bridgehead atoms. The average molecular weight is 220 g/mol. The van der Waals surface area contributed by atoms with Crippen LogP contribution in [0.1, 0.15) is 16.1 Å². The van der Waals surface area contributed by atoms with Crippen LogP contribution in [0.3, 0.4) is 0 Å². The topological polar surface area (TPSA) is 102 Å². The first-order valence-electron chi connectivity index (χ1n) is 4.72. The van der Waals surface area contributed by atoms with Gasteiger partial charge in [-0.3, -0.25) is 14.6 Å². The number of hydrogen-bond acceptors (Lipinski definition) is 4. The summed E-state index contributed by atoms with van der Waals surface area (Å²) in [6.45, 7) is 0.394. The average Bonchev–Trinajstić information content (AvgIpc) is 2.84. The first-order valence-corrected chi connectivity index (χ1v) is 4.72. The number of nitrogens with two attached hydrogens (primary N) is 1. The highest BCUT2D eigenvalue weighted by molar-refractivity contribution is 5.96. The molecule has 84 valence electrons. The van der Waals surface area contributed by atoms with Crippen LogP contribution < -0.4 is 11.1 Å². The molecule has 2 aromatic heterocycles. The van der Waals surface area contributed by atoms with Gasteiger partial charge in [0.2, 0.25) is 0 Å². The van der Waals surface area contributed by atoms with Crippen LogP contribution in [-0.2, 0) is 13.6 Å². The monoisotopic (exact) mass is 220 g/mol. The number of amides is 1. The summed E-state index contributed by atoms with van der Waals surface area (Å²) in [6, 6.07) is 0. The SMILES string of the molecule is Cn1cc(N)c(C(=O)NCc2cn[nH]c2)n1. The Bertz CT molecular complexity index is 486. The molecular formula is C9H12N6O. The maximum Gasteiger partial charge on any atom is 0.274 e. The highest BCUT2D eigenvalue weighted by Crippen LogP contribution is 2.07. The number of carbonyl (C=O) groups excluding carboxylic acids is 1. The zero-order valence-electron chi connectivity index (χ0n) is 8.77. The lowest BCUT2D eigenvalue weighted by Gasteiger charge is -2.00. The molecule has 16 heavy (non-hydrogen) atoms. The molecule has 7 nitrogen and oxygen atoms in total. The van der Waals surface area contributed by atoms with Crippen molar-refractivity contribution in [1.82, 2.24) is 25.3 Å². The largest absolute Gasteiger partial charge is 0.396 e. The van der Waals surface area contributed by atoms with Gasteiger partial charge in [0.15, 0.2) is 5.69 Å². The molecule has 0 aromatic carbocycles. The summed E-state index contributed by atoms with van der Waals surface area (Å²) in [6.07, 6.45) is 4.94. The summed E-state index contributed by atoms with van der Waals surface area (Å²) < 4.78 is 1.50. The molecule has 0 saturated heterocycles. The molecule has 0 atom stereocenters. The van der Waals surface area contributed by atoms with Gasteiger partial charge < -0.3 is 11.1 Å². The summed E-state index contributed by atoms with van der Waals surface area (Å²) in [4.78, 5) is 11.7. The number of aromatic amines is 1. The van der Waals surface area contributed by atoms with Gasteiger partial charge in [0.1, 0.15) is 0 Å². The molecule has 0 fully saturated rings. The van der Waals surface area contributed by atoms with E-state index in [1.54, 1.807) is 25.6 Å². The van der Waals surface area contributed by atoms with Gasteiger partial charge in [0.05, 0.1) is 11.9 Å². The Morgan fingerprint density at radius 2 is 2.50 bits per heavy atom. The molecule has 0 aliphatic carbocycles. The molecule has 0 aliphatic rings. The Labute approximate surface area is 91.6 Å². The van der Waals surface area contributed by atoms with E-state index < -0.39 is 0 Å². The van der Waals surface area contributed by atoms with Gasteiger partial charge in [0.25, 0.3) is 5.91 Å². The Kier molecular flexibility index (Phi) is 2.59. The fraction of sp³-hybridized carbons (Fsp3) is 0.222. The number of nitrogens with zero attached hydrogens (tertiary/aromatic N) is 3. The maximum absolute atomic E-state index is 11.7. The Morgan fingerprint density at radius 3 is 3.06 bits per heavy atom. The Morgan fingerprint density at radius 1 is 1.69 bits per heavy atom. The quantitative estimate of drug-likeness (QED) is 0.658. The number of hydrogen-bond donors (Lipinski definition) is 3. The van der Waals surface area contributed by atoms with Crippen molar-refractivity contribution in [2.75, 3.05) is 5.73 Å². The van der Waals surface area contributed by atoms with Gasteiger partial charge in [-0.25, -0.2) is 0 Å². The van der Waals surface area contributed by atoms with E-state index in [-0.39, 0.29) is 11.6 Å². The van der Waals surface area contributed by atoms with E-state index in [2.05, 4.69) is 20.6 Å². The van der Waals surface area contributed by atoms with Crippen LogP contribution in [-0.4, -0.2) is 25.9 Å². The fourth-order valence-electron chi connectivity index (χ4n) is 1.32. The van der Waals surface area contributed by atoms with E-state index in [0.717, 1.165) is 5.56 Å². The molecule has 0 aliphatic heterocycles. The third-order valence-corrected chi connectivity index (χ3v) is 2.08. The van der Waals surface area contributed by atoms with Crippen molar-refractivity contribution in [2.45, 2.75) is 6.54 Å². The van der Waals surface area contributed by atoms with Crippen molar-refractivity contribution in [2.24, 2.45) is 7.05 Å². The molecule has 1 amide bonds. The number of aryl methyl sites for hydroxylation is 1. The van der Waals surface area contributed by atoms with Gasteiger partial charge >= 0.3 is 0 Å². The van der Waals surface area contributed by atoms with Crippen molar-refractivity contribution in [1.29, 1.82) is 0 Å². The molecule has 4 N–H and O–H groups in total. The molecule has 2 heterocycles. The second-order valence-corrected chi connectivity index (χ2v) is 3.40. The van der Waals surface area contributed by atoms with Crippen LogP contribution >= 0.6 is 0 Å². The normalized spacial score (nSPS) is 10.3. The van der Waals surface area contributed by atoms with E-state index in [1.807, 2.05) is 0 Å². The second-order valence-electron chi connectivity index (χ2n) is 3.40. The predicted octanol–water partition coefficient (Wildman–Crippen LogP) is -0.345. The van der Waals surface area contributed by atoms with Gasteiger partial charge in [-0.15, -0.1) is 0 Å². The minimum absolute atomic E-state index is 0.242. The van der Waals surface area contributed by atoms with Gasteiger partial charge in [0, 0.05) is 31.5 Å². The predicted molar refractivity (Wildman–Crippen MR) is 57.4 cm³/mol. The van der Waals surface area contributed by atoms with Gasteiger partial charge in [-0.05, 0) is 0 Å². The van der Waals surface area contributed by atoms with Crippen molar-refractivity contribution in [3.63, 3.8) is 0 Å². The third kappa shape index (κ3) is 2.02. The number of nitrogens with one attached hydrogen (secondary N) is 2. The smallest absolute Gasteiger partial charge is 0.274 e. The minimum Gasteiger partial charge on any atom is -0.396 e. The van der Waals surface area contributed by atoms with Crippen molar-refractivity contribution >= 4 is 11.6 Å². The van der Waals surface area contributed by atoms with E-state index in [0.29, 0.717) is 12.2 Å². The fourth-order valence-corrected chi connectivity index (χ4v) is 1.32. The first kappa shape index (κ1) is 10.2. The van der Waals surface area contributed by atoms with E-state index in [4.69, 9.17) is 5.73 Å². The zero-order chi connectivity index (χ0) is 11.5. The van der Waals surface area contributed by atoms with Crippen LogP contribution in [0.5, 0.6) is 0 Å². The van der Waals surface area contributed by atoms with Crippen LogP contribution in [0.25, 0.3) is 0 Å². The molecule has 2 rings (SSSR count). The molecule has 2 aromatic rings. The molecule has 0 spiro atoms. The Hall–Kier alpha value is -2.31. The van der Waals surface area contributed by atoms with E-state index in [1.165, 1.54) is 4.68 Å². The van der Waals surface area contributed by atoms with Crippen LogP contribution in [0.15, 0.2) is 18.6 Å². The lowest BCUT2D eigenvalue weighted by molar-refractivity contribution is 0.0946. The summed E-state index contributed by atoms with van der Waals surface area (Å²) in [5, 5.41) is 13.1. The van der Waals surface area contributed by atoms with E-state index >= 15 is 0 Å². The number of aromatic nitrogens is 4. The molecule has 7 heteroatoms. The maximum atomic E-state index is 11.7. The minimum atomic E-state index is -0.292. The van der Waals surface area contributed by atoms with Crippen molar-refractivity contribution in [3.8, 4) is 0 Å². The summed E-state index contributed by atoms with van der Waals surface area (Å²) in [5.41, 5.74) is 7.13. The third-order valence-electron chi connectivity index (χ3n) is 2.08. The molecular weight excluding hydrogens is 208 g/mol. The lowest BCUT2D eigenvalue weighted by Crippen LogP contribution is -2.24. The van der Waals surface area contributed by atoms with E-state index in [9.17, 15) is 4.79 Å². The molecule has 0 unspecified atom stereocenters. The number of rotatable bonds is 3. The van der Waals surface area contributed by atoms with Gasteiger partial charge in [-0.2, -0.15) is 10.2 Å². The molecule has 0 saturated carbocycles. The number of nitrogen functional groups attached to an aromatic ring is 1. The highest BCUT2D eigenvalue weighted by atomic mass is 16.1. The summed E-state index contributed by atoms with van der Waals surface area (Å²) in [7, 11) is 1.71. The van der Waals surface area contributed by atoms with Crippen LogP contribution in [0, 0.1) is 0 Å². The van der Waals surface area contributed by atoms with Crippen molar-refractivity contribution < 1.29 is 4.79 Å². The number of carbonyl (C=O) groups is 1. The number of H-pyrrole nitrogens is 1. The van der Waals surface area contributed by atoms with Crippen LogP contribution in [0.4, 0.5) is 5.69 Å². The number of anilines is 1. The van der Waals surface area contributed by atoms with Crippen molar-refractivity contribution in [3.05, 3.63) is 29.8 Å². The highest BCUT2D eigenvalue weighted by Gasteiger charge is 2.13. The lowest BCUT2D eigenvalue weighted by atomic mass is 10.3. The second kappa shape index (κ2) is 4.05. The summed E-state index contributed by atoms with van der Waals surface area (Å²) in [5.74, 6) is -0.292. The molecule has 0 radical (unpaired) electrons. The zero-order valence-corrected chi connectivity index (χ0v) is 8.77.